The van der Waals surface area contributed by atoms with Crippen molar-refractivity contribution < 1.29 is 22.7 Å². The van der Waals surface area contributed by atoms with E-state index >= 15 is 0 Å². The molecule has 1 fully saturated rings. The highest BCUT2D eigenvalue weighted by Gasteiger charge is 2.22. The zero-order valence-electron chi connectivity index (χ0n) is 14.4. The molecule has 0 aliphatic carbocycles. The maximum absolute atomic E-state index is 12.6. The van der Waals surface area contributed by atoms with Crippen LogP contribution in [0.3, 0.4) is 0 Å². The summed E-state index contributed by atoms with van der Waals surface area (Å²) in [5.41, 5.74) is 1.02. The van der Waals surface area contributed by atoms with Crippen LogP contribution < -0.4 is 9.62 Å². The number of nitrogens with zero attached hydrogens (tertiary/aromatic N) is 1. The predicted molar refractivity (Wildman–Crippen MR) is 102 cm³/mol. The molecule has 142 valence electrons. The fourth-order valence-electron chi connectivity index (χ4n) is 2.78. The van der Waals surface area contributed by atoms with E-state index in [2.05, 4.69) is 9.46 Å². The molecule has 2 aromatic carbocycles. The molecule has 1 aliphatic rings. The summed E-state index contributed by atoms with van der Waals surface area (Å²) in [6.07, 6.45) is 1.33. The van der Waals surface area contributed by atoms with Crippen LogP contribution in [0, 0.1) is 0 Å². The third kappa shape index (κ3) is 4.06. The van der Waals surface area contributed by atoms with Crippen LogP contribution >= 0.6 is 11.6 Å². The summed E-state index contributed by atoms with van der Waals surface area (Å²) in [6.45, 7) is 0.658. The van der Waals surface area contributed by atoms with Crippen LogP contribution in [0.15, 0.2) is 47.4 Å². The van der Waals surface area contributed by atoms with Gasteiger partial charge in [0.15, 0.2) is 0 Å². The minimum absolute atomic E-state index is 0.0371. The zero-order valence-corrected chi connectivity index (χ0v) is 16.0. The molecule has 1 amide bonds. The van der Waals surface area contributed by atoms with Gasteiger partial charge >= 0.3 is 5.97 Å². The summed E-state index contributed by atoms with van der Waals surface area (Å²) in [5.74, 6) is -0.670. The number of ether oxygens (including phenoxy) is 1. The molecule has 3 rings (SSSR count). The Kier molecular flexibility index (Phi) is 5.38. The van der Waals surface area contributed by atoms with Crippen molar-refractivity contribution in [3.8, 4) is 0 Å². The number of anilines is 2. The summed E-state index contributed by atoms with van der Waals surface area (Å²) in [4.78, 5) is 25.0. The Morgan fingerprint density at radius 1 is 1.19 bits per heavy atom. The third-order valence-corrected chi connectivity index (χ3v) is 5.87. The molecule has 0 bridgehead atoms. The number of hydrogen-bond donors (Lipinski definition) is 1. The van der Waals surface area contributed by atoms with Crippen LogP contribution in [-0.2, 0) is 19.6 Å². The molecule has 2 aromatic rings. The number of rotatable bonds is 5. The molecule has 1 N–H and O–H groups in total. The number of benzene rings is 2. The predicted octanol–water partition coefficient (Wildman–Crippen LogP) is 3.05. The largest absolute Gasteiger partial charge is 0.465 e. The number of amides is 1. The lowest BCUT2D eigenvalue weighted by Crippen LogP contribution is -2.23. The van der Waals surface area contributed by atoms with E-state index in [4.69, 9.17) is 11.6 Å². The SMILES string of the molecule is COC(=O)c1cc(S(=O)(=O)Nc2ccc(N3CCCC3=O)cc2)ccc1Cl. The fourth-order valence-corrected chi connectivity index (χ4v) is 4.06. The lowest BCUT2D eigenvalue weighted by atomic mass is 10.2. The van der Waals surface area contributed by atoms with Crippen molar-refractivity contribution in [3.63, 3.8) is 0 Å². The molecule has 0 spiro atoms. The van der Waals surface area contributed by atoms with Gasteiger partial charge in [0.1, 0.15) is 0 Å². The normalized spacial score (nSPS) is 14.3. The summed E-state index contributed by atoms with van der Waals surface area (Å²) in [7, 11) is -2.75. The number of hydrogen-bond acceptors (Lipinski definition) is 5. The Hall–Kier alpha value is -2.58. The average Bonchev–Trinajstić information content (AvgIpc) is 3.07. The minimum Gasteiger partial charge on any atom is -0.465 e. The van der Waals surface area contributed by atoms with Crippen molar-refractivity contribution in [2.45, 2.75) is 17.7 Å². The lowest BCUT2D eigenvalue weighted by molar-refractivity contribution is -0.117. The fraction of sp³-hybridized carbons (Fsp3) is 0.222. The molecule has 1 aliphatic heterocycles. The topological polar surface area (TPSA) is 92.8 Å². The van der Waals surface area contributed by atoms with Gasteiger partial charge in [0.05, 0.1) is 22.6 Å². The standard InChI is InChI=1S/C18H17ClN2O5S/c1-26-18(23)15-11-14(8-9-16(15)19)27(24,25)20-12-4-6-13(7-5-12)21-10-2-3-17(21)22/h4-9,11,20H,2-3,10H2,1H3. The van der Waals surface area contributed by atoms with Gasteiger partial charge in [-0.05, 0) is 48.9 Å². The Morgan fingerprint density at radius 3 is 2.48 bits per heavy atom. The molecule has 27 heavy (non-hydrogen) atoms. The molecular formula is C18H17ClN2O5S. The molecule has 1 heterocycles. The van der Waals surface area contributed by atoms with Crippen molar-refractivity contribution in [1.29, 1.82) is 0 Å². The van der Waals surface area contributed by atoms with E-state index in [-0.39, 0.29) is 21.4 Å². The minimum atomic E-state index is -3.93. The third-order valence-electron chi connectivity index (χ3n) is 4.16. The van der Waals surface area contributed by atoms with Gasteiger partial charge in [0.25, 0.3) is 10.0 Å². The number of halogens is 1. The van der Waals surface area contributed by atoms with E-state index in [1.54, 1.807) is 29.2 Å². The first-order valence-electron chi connectivity index (χ1n) is 8.13. The number of methoxy groups -OCH3 is 1. The first-order valence-corrected chi connectivity index (χ1v) is 9.99. The van der Waals surface area contributed by atoms with Crippen LogP contribution in [0.1, 0.15) is 23.2 Å². The number of carbonyl (C=O) groups excluding carboxylic acids is 2. The Morgan fingerprint density at radius 2 is 1.89 bits per heavy atom. The molecule has 1 saturated heterocycles. The van der Waals surface area contributed by atoms with E-state index in [0.29, 0.717) is 18.7 Å². The molecule has 0 atom stereocenters. The first kappa shape index (κ1) is 19.2. The quantitative estimate of drug-likeness (QED) is 0.767. The number of nitrogens with one attached hydrogen (secondary N) is 1. The second kappa shape index (κ2) is 7.58. The lowest BCUT2D eigenvalue weighted by Gasteiger charge is -2.16. The van der Waals surface area contributed by atoms with Crippen LogP contribution in [0.5, 0.6) is 0 Å². The Balaban J connectivity index is 1.82. The van der Waals surface area contributed by atoms with E-state index in [0.717, 1.165) is 18.2 Å². The Labute approximate surface area is 161 Å². The molecule has 0 aromatic heterocycles. The van der Waals surface area contributed by atoms with Crippen LogP contribution in [0.25, 0.3) is 0 Å². The number of sulfonamides is 1. The smallest absolute Gasteiger partial charge is 0.339 e. The van der Waals surface area contributed by atoms with E-state index < -0.39 is 16.0 Å². The average molecular weight is 409 g/mol. The highest BCUT2D eigenvalue weighted by atomic mass is 35.5. The maximum atomic E-state index is 12.6. The second-order valence-corrected chi connectivity index (χ2v) is 8.02. The Bertz CT molecular complexity index is 989. The van der Waals surface area contributed by atoms with Crippen molar-refractivity contribution in [1.82, 2.24) is 0 Å². The summed E-state index contributed by atoms with van der Waals surface area (Å²) < 4.78 is 32.2. The van der Waals surface area contributed by atoms with Gasteiger partial charge in [0.2, 0.25) is 5.91 Å². The highest BCUT2D eigenvalue weighted by molar-refractivity contribution is 7.92. The maximum Gasteiger partial charge on any atom is 0.339 e. The van der Waals surface area contributed by atoms with Crippen molar-refractivity contribution in [2.24, 2.45) is 0 Å². The zero-order chi connectivity index (χ0) is 19.6. The van der Waals surface area contributed by atoms with E-state index in [9.17, 15) is 18.0 Å². The summed E-state index contributed by atoms with van der Waals surface area (Å²) >= 11 is 5.92. The molecule has 9 heteroatoms. The number of carbonyl (C=O) groups is 2. The molecule has 7 nitrogen and oxygen atoms in total. The van der Waals surface area contributed by atoms with E-state index in [1.807, 2.05) is 0 Å². The van der Waals surface area contributed by atoms with Crippen molar-refractivity contribution in [3.05, 3.63) is 53.1 Å². The number of esters is 1. The monoisotopic (exact) mass is 408 g/mol. The van der Waals surface area contributed by atoms with E-state index in [1.165, 1.54) is 19.2 Å². The molecule has 0 saturated carbocycles. The van der Waals surface area contributed by atoms with Crippen LogP contribution in [-0.4, -0.2) is 33.9 Å². The van der Waals surface area contributed by atoms with Crippen LogP contribution in [0.2, 0.25) is 5.02 Å². The van der Waals surface area contributed by atoms with Gasteiger partial charge in [-0.15, -0.1) is 0 Å². The van der Waals surface area contributed by atoms with Gasteiger partial charge in [-0.1, -0.05) is 11.6 Å². The summed E-state index contributed by atoms with van der Waals surface area (Å²) in [6, 6.07) is 10.3. The molecular weight excluding hydrogens is 392 g/mol. The molecule has 0 unspecified atom stereocenters. The van der Waals surface area contributed by atoms with Gasteiger partial charge < -0.3 is 9.64 Å². The molecule has 0 radical (unpaired) electrons. The van der Waals surface area contributed by atoms with Crippen LogP contribution in [0.4, 0.5) is 11.4 Å². The van der Waals surface area contributed by atoms with Crippen molar-refractivity contribution in [2.75, 3.05) is 23.3 Å². The van der Waals surface area contributed by atoms with Crippen molar-refractivity contribution >= 4 is 44.9 Å². The van der Waals surface area contributed by atoms with Gasteiger partial charge in [-0.3, -0.25) is 9.52 Å². The van der Waals surface area contributed by atoms with Gasteiger partial charge in [0, 0.05) is 24.3 Å². The summed E-state index contributed by atoms with van der Waals surface area (Å²) in [5, 5.41) is 0.0976. The second-order valence-electron chi connectivity index (χ2n) is 5.93. The first-order chi connectivity index (χ1) is 12.8. The highest BCUT2D eigenvalue weighted by Crippen LogP contribution is 2.26. The van der Waals surface area contributed by atoms with Gasteiger partial charge in [-0.25, -0.2) is 13.2 Å². The van der Waals surface area contributed by atoms with Gasteiger partial charge in [-0.2, -0.15) is 0 Å².